The van der Waals surface area contributed by atoms with Crippen molar-refractivity contribution in [1.82, 2.24) is 5.32 Å². The molecule has 0 amide bonds. The van der Waals surface area contributed by atoms with Crippen LogP contribution in [0.25, 0.3) is 0 Å². The molecule has 0 aliphatic heterocycles. The van der Waals surface area contributed by atoms with Crippen LogP contribution in [0.3, 0.4) is 0 Å². The molecule has 0 atom stereocenters. The van der Waals surface area contributed by atoms with Crippen LogP contribution >= 0.6 is 27.5 Å². The number of para-hydroxylation sites is 1. The molecule has 112 valence electrons. The molecule has 21 heavy (non-hydrogen) atoms. The van der Waals surface area contributed by atoms with Crippen LogP contribution in [-0.2, 0) is 16.6 Å². The molecule has 0 saturated carbocycles. The number of benzene rings is 2. The number of sulfonamides is 1. The van der Waals surface area contributed by atoms with Gasteiger partial charge in [0.1, 0.15) is 4.90 Å². The first-order valence-electron chi connectivity index (χ1n) is 6.14. The second-order valence-electron chi connectivity index (χ2n) is 4.38. The Morgan fingerprint density at radius 3 is 2.57 bits per heavy atom. The van der Waals surface area contributed by atoms with Gasteiger partial charge >= 0.3 is 0 Å². The number of hydrogen-bond acceptors (Lipinski definition) is 3. The van der Waals surface area contributed by atoms with E-state index < -0.39 is 10.0 Å². The van der Waals surface area contributed by atoms with Gasteiger partial charge in [-0.15, -0.1) is 0 Å². The molecule has 0 bridgehead atoms. The van der Waals surface area contributed by atoms with Crippen LogP contribution < -0.4 is 10.0 Å². The molecule has 2 aromatic rings. The maximum atomic E-state index is 12.5. The van der Waals surface area contributed by atoms with Crippen LogP contribution in [-0.4, -0.2) is 15.5 Å². The summed E-state index contributed by atoms with van der Waals surface area (Å²) in [4.78, 5) is 0.176. The predicted octanol–water partition coefficient (Wildman–Crippen LogP) is 3.62. The van der Waals surface area contributed by atoms with E-state index in [4.69, 9.17) is 11.6 Å². The summed E-state index contributed by atoms with van der Waals surface area (Å²) in [5.74, 6) is 0. The van der Waals surface area contributed by atoms with Crippen molar-refractivity contribution in [1.29, 1.82) is 0 Å². The summed E-state index contributed by atoms with van der Waals surface area (Å²) in [6, 6.07) is 11.9. The zero-order valence-corrected chi connectivity index (χ0v) is 14.4. The minimum atomic E-state index is -3.72. The average Bonchev–Trinajstić information content (AvgIpc) is 2.43. The lowest BCUT2D eigenvalue weighted by Crippen LogP contribution is -2.15. The van der Waals surface area contributed by atoms with Crippen LogP contribution in [0.1, 0.15) is 5.56 Å². The molecule has 2 aromatic carbocycles. The van der Waals surface area contributed by atoms with Gasteiger partial charge in [0.15, 0.2) is 0 Å². The Morgan fingerprint density at radius 1 is 1.19 bits per heavy atom. The second-order valence-corrected chi connectivity index (χ2v) is 7.29. The van der Waals surface area contributed by atoms with Gasteiger partial charge in [-0.2, -0.15) is 0 Å². The number of rotatable bonds is 5. The molecule has 0 aliphatic rings. The van der Waals surface area contributed by atoms with Gasteiger partial charge in [-0.3, -0.25) is 4.72 Å². The Balaban J connectivity index is 2.40. The van der Waals surface area contributed by atoms with Gasteiger partial charge in [0.2, 0.25) is 0 Å². The summed E-state index contributed by atoms with van der Waals surface area (Å²) >= 11 is 9.27. The minimum Gasteiger partial charge on any atom is -0.316 e. The fraction of sp³-hybridized carbons (Fsp3) is 0.143. The predicted molar refractivity (Wildman–Crippen MR) is 89.2 cm³/mol. The number of halogens is 2. The topological polar surface area (TPSA) is 58.2 Å². The highest BCUT2D eigenvalue weighted by Gasteiger charge is 2.19. The zero-order valence-electron chi connectivity index (χ0n) is 11.2. The molecule has 0 unspecified atom stereocenters. The van der Waals surface area contributed by atoms with Crippen molar-refractivity contribution in [2.45, 2.75) is 11.4 Å². The third-order valence-corrected chi connectivity index (χ3v) is 5.47. The molecule has 0 fully saturated rings. The van der Waals surface area contributed by atoms with Crippen molar-refractivity contribution in [3.8, 4) is 0 Å². The lowest BCUT2D eigenvalue weighted by molar-refractivity contribution is 0.600. The first kappa shape index (κ1) is 16.3. The Kier molecular flexibility index (Phi) is 5.27. The quantitative estimate of drug-likeness (QED) is 0.821. The van der Waals surface area contributed by atoms with Crippen LogP contribution in [0.5, 0.6) is 0 Å². The van der Waals surface area contributed by atoms with E-state index in [0.717, 1.165) is 5.56 Å². The average molecular weight is 390 g/mol. The molecule has 0 radical (unpaired) electrons. The molecule has 4 nitrogen and oxygen atoms in total. The highest BCUT2D eigenvalue weighted by atomic mass is 79.9. The summed E-state index contributed by atoms with van der Waals surface area (Å²) in [5, 5.41) is 3.34. The number of anilines is 1. The van der Waals surface area contributed by atoms with Crippen molar-refractivity contribution in [2.75, 3.05) is 11.8 Å². The third-order valence-electron chi connectivity index (χ3n) is 2.78. The van der Waals surface area contributed by atoms with Crippen LogP contribution in [0.2, 0.25) is 5.02 Å². The van der Waals surface area contributed by atoms with E-state index in [1.165, 1.54) is 0 Å². The van der Waals surface area contributed by atoms with Crippen LogP contribution in [0.4, 0.5) is 5.69 Å². The Morgan fingerprint density at radius 2 is 1.90 bits per heavy atom. The van der Waals surface area contributed by atoms with Crippen molar-refractivity contribution in [3.63, 3.8) is 0 Å². The molecule has 0 heterocycles. The first-order chi connectivity index (χ1) is 9.94. The van der Waals surface area contributed by atoms with Gasteiger partial charge in [-0.05, 0) is 52.8 Å². The molecule has 7 heteroatoms. The highest BCUT2D eigenvalue weighted by Crippen LogP contribution is 2.28. The minimum absolute atomic E-state index is 0.176. The summed E-state index contributed by atoms with van der Waals surface area (Å²) in [7, 11) is -1.91. The van der Waals surface area contributed by atoms with Crippen molar-refractivity contribution < 1.29 is 8.42 Å². The number of hydrogen-bond donors (Lipinski definition) is 2. The van der Waals surface area contributed by atoms with Crippen molar-refractivity contribution >= 4 is 43.2 Å². The summed E-state index contributed by atoms with van der Waals surface area (Å²) in [6.45, 7) is 0.585. The Bertz CT molecular complexity index is 750. The van der Waals surface area contributed by atoms with Crippen molar-refractivity contribution in [2.24, 2.45) is 0 Å². The van der Waals surface area contributed by atoms with E-state index in [-0.39, 0.29) is 4.90 Å². The van der Waals surface area contributed by atoms with Gasteiger partial charge in [0.25, 0.3) is 10.0 Å². The third kappa shape index (κ3) is 3.97. The lowest BCUT2D eigenvalue weighted by atomic mass is 10.2. The largest absolute Gasteiger partial charge is 0.316 e. The van der Waals surface area contributed by atoms with Gasteiger partial charge < -0.3 is 5.32 Å². The molecular formula is C14H14BrClN2O2S. The summed E-state index contributed by atoms with van der Waals surface area (Å²) < 4.78 is 28.0. The first-order valence-corrected chi connectivity index (χ1v) is 8.80. The standard InChI is InChI=1S/C14H14BrClN2O2S/c1-17-9-10-6-7-11(15)14(8-10)21(19,20)18-13-5-3-2-4-12(13)16/h2-8,17-18H,9H2,1H3. The van der Waals surface area contributed by atoms with Crippen LogP contribution in [0.15, 0.2) is 51.8 Å². The normalized spacial score (nSPS) is 11.4. The van der Waals surface area contributed by atoms with Crippen molar-refractivity contribution in [3.05, 3.63) is 57.5 Å². The smallest absolute Gasteiger partial charge is 0.263 e. The molecule has 0 aliphatic carbocycles. The summed E-state index contributed by atoms with van der Waals surface area (Å²) in [6.07, 6.45) is 0. The van der Waals surface area contributed by atoms with Crippen LogP contribution in [0, 0.1) is 0 Å². The van der Waals surface area contributed by atoms with Gasteiger partial charge in [-0.25, -0.2) is 8.42 Å². The monoisotopic (exact) mass is 388 g/mol. The molecule has 2 N–H and O–H groups in total. The molecular weight excluding hydrogens is 376 g/mol. The Hall–Kier alpha value is -1.08. The van der Waals surface area contributed by atoms with Gasteiger partial charge in [0, 0.05) is 11.0 Å². The van der Waals surface area contributed by atoms with E-state index in [0.29, 0.717) is 21.7 Å². The molecule has 2 rings (SSSR count). The van der Waals surface area contributed by atoms with E-state index in [1.807, 2.05) is 6.07 Å². The van der Waals surface area contributed by atoms with E-state index in [2.05, 4.69) is 26.0 Å². The zero-order chi connectivity index (χ0) is 15.5. The van der Waals surface area contributed by atoms with E-state index in [9.17, 15) is 8.42 Å². The maximum absolute atomic E-state index is 12.5. The Labute approximate surface area is 137 Å². The second kappa shape index (κ2) is 6.79. The molecule has 0 spiro atoms. The highest BCUT2D eigenvalue weighted by molar-refractivity contribution is 9.10. The molecule has 0 aromatic heterocycles. The fourth-order valence-corrected chi connectivity index (χ4v) is 4.15. The maximum Gasteiger partial charge on any atom is 0.263 e. The fourth-order valence-electron chi connectivity index (χ4n) is 1.81. The molecule has 0 saturated heterocycles. The SMILES string of the molecule is CNCc1ccc(Br)c(S(=O)(=O)Nc2ccccc2Cl)c1. The van der Waals surface area contributed by atoms with E-state index in [1.54, 1.807) is 43.4 Å². The summed E-state index contributed by atoms with van der Waals surface area (Å²) in [5.41, 5.74) is 1.23. The van der Waals surface area contributed by atoms with Gasteiger partial charge in [0.05, 0.1) is 10.7 Å². The van der Waals surface area contributed by atoms with Gasteiger partial charge in [-0.1, -0.05) is 29.8 Å². The lowest BCUT2D eigenvalue weighted by Gasteiger charge is -2.12. The number of nitrogens with one attached hydrogen (secondary N) is 2. The van der Waals surface area contributed by atoms with E-state index >= 15 is 0 Å².